The van der Waals surface area contributed by atoms with Gasteiger partial charge in [0.1, 0.15) is 6.07 Å². The molecular formula is C12H13BrN2O2S. The van der Waals surface area contributed by atoms with Crippen molar-refractivity contribution >= 4 is 31.5 Å². The molecule has 18 heavy (non-hydrogen) atoms. The Kier molecular flexibility index (Phi) is 3.64. The number of rotatable bonds is 1. The van der Waals surface area contributed by atoms with Crippen molar-refractivity contribution in [2.45, 2.75) is 13.0 Å². The summed E-state index contributed by atoms with van der Waals surface area (Å²) in [5.41, 5.74) is 1.37. The standard InChI is InChI=1S/C12H13BrN2O2S/c1-9-8-18(16,17)5-4-15(9)12-6-11(13)3-2-10(12)7-14/h2-3,6,9H,4-5,8H2,1H3. The van der Waals surface area contributed by atoms with Crippen LogP contribution in [0.1, 0.15) is 12.5 Å². The van der Waals surface area contributed by atoms with Crippen molar-refractivity contribution < 1.29 is 8.42 Å². The van der Waals surface area contributed by atoms with Gasteiger partial charge in [0.05, 0.1) is 22.8 Å². The van der Waals surface area contributed by atoms with Gasteiger partial charge in [-0.1, -0.05) is 15.9 Å². The average Bonchev–Trinajstić information content (AvgIpc) is 2.28. The first-order chi connectivity index (χ1) is 8.43. The Balaban J connectivity index is 2.38. The highest BCUT2D eigenvalue weighted by Gasteiger charge is 2.29. The maximum absolute atomic E-state index is 11.6. The van der Waals surface area contributed by atoms with Gasteiger partial charge in [-0.3, -0.25) is 0 Å². The van der Waals surface area contributed by atoms with Crippen molar-refractivity contribution in [1.29, 1.82) is 5.26 Å². The molecule has 1 saturated heterocycles. The van der Waals surface area contributed by atoms with Crippen molar-refractivity contribution in [2.24, 2.45) is 0 Å². The second-order valence-electron chi connectivity index (χ2n) is 4.43. The van der Waals surface area contributed by atoms with E-state index in [4.69, 9.17) is 5.26 Å². The van der Waals surface area contributed by atoms with Crippen LogP contribution in [0.15, 0.2) is 22.7 Å². The summed E-state index contributed by atoms with van der Waals surface area (Å²) in [4.78, 5) is 1.99. The lowest BCUT2D eigenvalue weighted by atomic mass is 10.1. The van der Waals surface area contributed by atoms with E-state index < -0.39 is 9.84 Å². The molecule has 0 amide bonds. The number of anilines is 1. The molecule has 0 aromatic heterocycles. The van der Waals surface area contributed by atoms with Gasteiger partial charge in [0, 0.05) is 17.1 Å². The first-order valence-corrected chi connectivity index (χ1v) is 8.21. The molecule has 0 saturated carbocycles. The van der Waals surface area contributed by atoms with Gasteiger partial charge in [-0.05, 0) is 25.1 Å². The van der Waals surface area contributed by atoms with Gasteiger partial charge in [0.25, 0.3) is 0 Å². The summed E-state index contributed by atoms with van der Waals surface area (Å²) in [6, 6.07) is 7.47. The molecule has 4 nitrogen and oxygen atoms in total. The van der Waals surface area contributed by atoms with Crippen molar-refractivity contribution in [1.82, 2.24) is 0 Å². The smallest absolute Gasteiger partial charge is 0.154 e. The number of nitrogens with zero attached hydrogens (tertiary/aromatic N) is 2. The largest absolute Gasteiger partial charge is 0.366 e. The SMILES string of the molecule is CC1CS(=O)(=O)CCN1c1cc(Br)ccc1C#N. The lowest BCUT2D eigenvalue weighted by molar-refractivity contribution is 0.568. The Bertz CT molecular complexity index is 607. The molecule has 6 heteroatoms. The van der Waals surface area contributed by atoms with Crippen LogP contribution in [0.5, 0.6) is 0 Å². The molecule has 0 N–H and O–H groups in total. The van der Waals surface area contributed by atoms with E-state index >= 15 is 0 Å². The second-order valence-corrected chi connectivity index (χ2v) is 7.57. The van der Waals surface area contributed by atoms with Gasteiger partial charge in [0.15, 0.2) is 9.84 Å². The van der Waals surface area contributed by atoms with E-state index in [2.05, 4.69) is 22.0 Å². The molecule has 1 aromatic rings. The molecule has 0 bridgehead atoms. The number of hydrogen-bond acceptors (Lipinski definition) is 4. The monoisotopic (exact) mass is 328 g/mol. The number of nitriles is 1. The predicted molar refractivity (Wildman–Crippen MR) is 74.3 cm³/mol. The fraction of sp³-hybridized carbons (Fsp3) is 0.417. The third-order valence-corrected chi connectivity index (χ3v) is 5.35. The lowest BCUT2D eigenvalue weighted by Crippen LogP contribution is -2.47. The maximum atomic E-state index is 11.6. The molecule has 1 unspecified atom stereocenters. The zero-order valence-corrected chi connectivity index (χ0v) is 12.3. The van der Waals surface area contributed by atoms with Crippen molar-refractivity contribution in [2.75, 3.05) is 23.0 Å². The van der Waals surface area contributed by atoms with Crippen LogP contribution >= 0.6 is 15.9 Å². The predicted octanol–water partition coefficient (Wildman–Crippen LogP) is 1.94. The summed E-state index contributed by atoms with van der Waals surface area (Å²) in [7, 11) is -2.94. The number of hydrogen-bond donors (Lipinski definition) is 0. The van der Waals surface area contributed by atoms with Crippen LogP contribution in [0.3, 0.4) is 0 Å². The van der Waals surface area contributed by atoms with E-state index in [9.17, 15) is 8.42 Å². The molecular weight excluding hydrogens is 316 g/mol. The third-order valence-electron chi connectivity index (χ3n) is 3.06. The van der Waals surface area contributed by atoms with Crippen LogP contribution in [0.25, 0.3) is 0 Å². The van der Waals surface area contributed by atoms with E-state index in [-0.39, 0.29) is 17.5 Å². The molecule has 1 heterocycles. The maximum Gasteiger partial charge on any atom is 0.154 e. The molecule has 1 fully saturated rings. The van der Waals surface area contributed by atoms with Crippen LogP contribution in [0, 0.1) is 11.3 Å². The second kappa shape index (κ2) is 4.90. The fourth-order valence-corrected chi connectivity index (χ4v) is 4.10. The van der Waals surface area contributed by atoms with Gasteiger partial charge in [-0.15, -0.1) is 0 Å². The highest BCUT2D eigenvalue weighted by Crippen LogP contribution is 2.28. The number of sulfone groups is 1. The first kappa shape index (κ1) is 13.4. The van der Waals surface area contributed by atoms with E-state index in [1.807, 2.05) is 24.0 Å². The Morgan fingerprint density at radius 2 is 2.22 bits per heavy atom. The molecule has 1 aliphatic rings. The van der Waals surface area contributed by atoms with Crippen molar-refractivity contribution in [3.63, 3.8) is 0 Å². The van der Waals surface area contributed by atoms with Crippen LogP contribution in [-0.2, 0) is 9.84 Å². The average molecular weight is 329 g/mol. The van der Waals surface area contributed by atoms with Gasteiger partial charge in [-0.2, -0.15) is 5.26 Å². The zero-order valence-electron chi connectivity index (χ0n) is 9.93. The topological polar surface area (TPSA) is 61.2 Å². The zero-order chi connectivity index (χ0) is 13.3. The van der Waals surface area contributed by atoms with Crippen LogP contribution < -0.4 is 4.90 Å². The normalized spacial score (nSPS) is 22.5. The Morgan fingerprint density at radius 3 is 2.83 bits per heavy atom. The minimum absolute atomic E-state index is 0.106. The summed E-state index contributed by atoms with van der Waals surface area (Å²) in [6.07, 6.45) is 0. The Morgan fingerprint density at radius 1 is 1.50 bits per heavy atom. The fourth-order valence-electron chi connectivity index (χ4n) is 2.19. The van der Waals surface area contributed by atoms with E-state index in [1.54, 1.807) is 6.07 Å². The molecule has 1 aromatic carbocycles. The highest BCUT2D eigenvalue weighted by molar-refractivity contribution is 9.10. The van der Waals surface area contributed by atoms with Gasteiger partial charge in [0.2, 0.25) is 0 Å². The summed E-state index contributed by atoms with van der Waals surface area (Å²) < 4.78 is 24.0. The van der Waals surface area contributed by atoms with Gasteiger partial charge in [-0.25, -0.2) is 8.42 Å². The number of halogens is 1. The Hall–Kier alpha value is -1.06. The Labute approximate surface area is 115 Å². The molecule has 2 rings (SSSR count). The van der Waals surface area contributed by atoms with Crippen LogP contribution in [-0.4, -0.2) is 32.5 Å². The van der Waals surface area contributed by atoms with Crippen molar-refractivity contribution in [3.05, 3.63) is 28.2 Å². The molecule has 0 radical (unpaired) electrons. The minimum atomic E-state index is -2.94. The number of benzene rings is 1. The van der Waals surface area contributed by atoms with Gasteiger partial charge >= 0.3 is 0 Å². The van der Waals surface area contributed by atoms with E-state index in [0.717, 1.165) is 10.2 Å². The third kappa shape index (κ3) is 2.68. The van der Waals surface area contributed by atoms with E-state index in [0.29, 0.717) is 12.1 Å². The molecule has 0 spiro atoms. The molecule has 96 valence electrons. The molecule has 0 aliphatic carbocycles. The summed E-state index contributed by atoms with van der Waals surface area (Å²) in [5.74, 6) is 0.291. The minimum Gasteiger partial charge on any atom is -0.366 e. The first-order valence-electron chi connectivity index (χ1n) is 5.59. The molecule has 1 aliphatic heterocycles. The summed E-state index contributed by atoms with van der Waals surface area (Å²) in [6.45, 7) is 2.31. The lowest BCUT2D eigenvalue weighted by Gasteiger charge is -2.35. The van der Waals surface area contributed by atoms with Crippen LogP contribution in [0.4, 0.5) is 5.69 Å². The quantitative estimate of drug-likeness (QED) is 0.790. The van der Waals surface area contributed by atoms with Gasteiger partial charge < -0.3 is 4.90 Å². The van der Waals surface area contributed by atoms with Crippen LogP contribution in [0.2, 0.25) is 0 Å². The van der Waals surface area contributed by atoms with Crippen molar-refractivity contribution in [3.8, 4) is 6.07 Å². The van der Waals surface area contributed by atoms with E-state index in [1.165, 1.54) is 0 Å². The summed E-state index contributed by atoms with van der Waals surface area (Å²) in [5, 5.41) is 9.12. The highest BCUT2D eigenvalue weighted by atomic mass is 79.9. The molecule has 1 atom stereocenters. The summed E-state index contributed by atoms with van der Waals surface area (Å²) >= 11 is 3.38.